The Labute approximate surface area is 128 Å². The van der Waals surface area contributed by atoms with Gasteiger partial charge in [-0.3, -0.25) is 4.79 Å². The van der Waals surface area contributed by atoms with Crippen LogP contribution in [0.2, 0.25) is 5.02 Å². The normalized spacial score (nSPS) is 11.0. The van der Waals surface area contributed by atoms with Crippen LogP contribution < -0.4 is 5.56 Å². The molecule has 0 bridgehead atoms. The van der Waals surface area contributed by atoms with Gasteiger partial charge in [0.25, 0.3) is 5.56 Å². The second-order valence-electron chi connectivity index (χ2n) is 5.00. The highest BCUT2D eigenvalue weighted by molar-refractivity contribution is 7.98. The second-order valence-corrected chi connectivity index (χ2v) is 6.40. The number of nitrogens with zero attached hydrogens (tertiary/aromatic N) is 2. The fourth-order valence-corrected chi connectivity index (χ4v) is 2.91. The van der Waals surface area contributed by atoms with E-state index in [0.29, 0.717) is 28.3 Å². The molecular weight excluding hydrogens is 292 g/mol. The molecule has 106 valence electrons. The molecule has 20 heavy (non-hydrogen) atoms. The summed E-state index contributed by atoms with van der Waals surface area (Å²) < 4.78 is 1.72. The van der Waals surface area contributed by atoms with Crippen molar-refractivity contribution in [1.29, 1.82) is 0 Å². The summed E-state index contributed by atoms with van der Waals surface area (Å²) in [5, 5.41) is 1.24. The third-order valence-electron chi connectivity index (χ3n) is 2.71. The Balaban J connectivity index is 2.12. The number of benzene rings is 1. The average molecular weight is 309 g/mol. The molecule has 1 aromatic heterocycles. The van der Waals surface area contributed by atoms with Crippen molar-refractivity contribution in [1.82, 2.24) is 9.55 Å². The molecule has 2 aromatic rings. The summed E-state index contributed by atoms with van der Waals surface area (Å²) in [4.78, 5) is 16.4. The largest absolute Gasteiger partial charge is 0.311 e. The number of hydrogen-bond donors (Lipinski definition) is 0. The average Bonchev–Trinajstić information content (AvgIpc) is 2.39. The lowest BCUT2D eigenvalue weighted by molar-refractivity contribution is 0.502. The highest BCUT2D eigenvalue weighted by Gasteiger charge is 2.07. The highest BCUT2D eigenvalue weighted by Crippen LogP contribution is 2.20. The van der Waals surface area contributed by atoms with Crippen molar-refractivity contribution in [3.63, 3.8) is 0 Å². The monoisotopic (exact) mass is 308 g/mol. The van der Waals surface area contributed by atoms with Crippen molar-refractivity contribution in [2.75, 3.05) is 0 Å². The molecule has 0 saturated carbocycles. The van der Waals surface area contributed by atoms with Gasteiger partial charge in [0.1, 0.15) is 0 Å². The van der Waals surface area contributed by atoms with Crippen LogP contribution in [-0.2, 0) is 12.3 Å². The minimum absolute atomic E-state index is 0.0202. The molecule has 0 saturated heterocycles. The lowest BCUT2D eigenvalue weighted by Gasteiger charge is -2.09. The van der Waals surface area contributed by atoms with Gasteiger partial charge in [0, 0.05) is 29.7 Å². The molecule has 0 aliphatic heterocycles. The highest BCUT2D eigenvalue weighted by atomic mass is 35.5. The number of halogens is 1. The van der Waals surface area contributed by atoms with E-state index in [1.54, 1.807) is 17.0 Å². The van der Waals surface area contributed by atoms with E-state index in [-0.39, 0.29) is 5.56 Å². The van der Waals surface area contributed by atoms with Crippen molar-refractivity contribution in [3.8, 4) is 0 Å². The molecule has 0 unspecified atom stereocenters. The van der Waals surface area contributed by atoms with Gasteiger partial charge in [0.05, 0.1) is 0 Å². The van der Waals surface area contributed by atoms with Crippen LogP contribution in [-0.4, -0.2) is 9.55 Å². The Kier molecular flexibility index (Phi) is 5.26. The Morgan fingerprint density at radius 1 is 1.40 bits per heavy atom. The van der Waals surface area contributed by atoms with Gasteiger partial charge in [0.15, 0.2) is 5.03 Å². The molecule has 0 aliphatic carbocycles. The van der Waals surface area contributed by atoms with E-state index in [0.717, 1.165) is 5.56 Å². The SMILES string of the molecule is CC(C)Cn1ccnc(SCc2cccc(Cl)c2)c1=O. The predicted molar refractivity (Wildman–Crippen MR) is 84.3 cm³/mol. The van der Waals surface area contributed by atoms with Crippen molar-refractivity contribution >= 4 is 23.4 Å². The zero-order chi connectivity index (χ0) is 14.5. The molecule has 0 radical (unpaired) electrons. The molecule has 0 atom stereocenters. The van der Waals surface area contributed by atoms with Gasteiger partial charge in [-0.15, -0.1) is 0 Å². The predicted octanol–water partition coefficient (Wildman–Crippen LogP) is 3.85. The van der Waals surface area contributed by atoms with E-state index < -0.39 is 0 Å². The molecule has 1 heterocycles. The van der Waals surface area contributed by atoms with Crippen LogP contribution in [0.4, 0.5) is 0 Å². The summed E-state index contributed by atoms with van der Waals surface area (Å²) in [6.45, 7) is 4.89. The van der Waals surface area contributed by atoms with E-state index in [4.69, 9.17) is 11.6 Å². The summed E-state index contributed by atoms with van der Waals surface area (Å²) in [6.07, 6.45) is 3.43. The lowest BCUT2D eigenvalue weighted by Crippen LogP contribution is -2.24. The first kappa shape index (κ1) is 15.1. The van der Waals surface area contributed by atoms with Crippen LogP contribution in [0.1, 0.15) is 19.4 Å². The maximum atomic E-state index is 12.2. The van der Waals surface area contributed by atoms with Crippen molar-refractivity contribution in [2.45, 2.75) is 31.2 Å². The second kappa shape index (κ2) is 6.95. The molecule has 0 spiro atoms. The summed E-state index contributed by atoms with van der Waals surface area (Å²) in [5.41, 5.74) is 1.07. The van der Waals surface area contributed by atoms with Gasteiger partial charge in [-0.2, -0.15) is 0 Å². The molecule has 2 rings (SSSR count). The van der Waals surface area contributed by atoms with Crippen LogP contribution in [0.5, 0.6) is 0 Å². The summed E-state index contributed by atoms with van der Waals surface area (Å²) in [5.74, 6) is 1.12. The fraction of sp³-hybridized carbons (Fsp3) is 0.333. The van der Waals surface area contributed by atoms with Crippen molar-refractivity contribution < 1.29 is 0 Å². The van der Waals surface area contributed by atoms with Gasteiger partial charge in [0.2, 0.25) is 0 Å². The summed E-state index contributed by atoms with van der Waals surface area (Å²) in [7, 11) is 0. The molecule has 0 amide bonds. The first-order valence-electron chi connectivity index (χ1n) is 6.49. The third-order valence-corrected chi connectivity index (χ3v) is 3.97. The maximum absolute atomic E-state index is 12.2. The summed E-state index contributed by atoms with van der Waals surface area (Å²) in [6, 6.07) is 7.65. The minimum atomic E-state index is -0.0202. The van der Waals surface area contributed by atoms with E-state index in [2.05, 4.69) is 18.8 Å². The van der Waals surface area contributed by atoms with E-state index >= 15 is 0 Å². The van der Waals surface area contributed by atoms with Gasteiger partial charge in [-0.05, 0) is 23.6 Å². The van der Waals surface area contributed by atoms with Crippen molar-refractivity contribution in [3.05, 3.63) is 57.6 Å². The number of hydrogen-bond acceptors (Lipinski definition) is 3. The summed E-state index contributed by atoms with van der Waals surface area (Å²) >= 11 is 7.40. The number of thioether (sulfide) groups is 1. The molecular formula is C15H17ClN2OS. The van der Waals surface area contributed by atoms with Crippen LogP contribution in [0.3, 0.4) is 0 Å². The van der Waals surface area contributed by atoms with E-state index in [1.807, 2.05) is 24.3 Å². The quantitative estimate of drug-likeness (QED) is 0.787. The lowest BCUT2D eigenvalue weighted by atomic mass is 10.2. The van der Waals surface area contributed by atoms with Crippen LogP contribution in [0.15, 0.2) is 46.5 Å². The standard InChI is InChI=1S/C15H17ClN2OS/c1-11(2)9-18-7-6-17-14(15(18)19)20-10-12-4-3-5-13(16)8-12/h3-8,11H,9-10H2,1-2H3. The van der Waals surface area contributed by atoms with E-state index in [9.17, 15) is 4.79 Å². The van der Waals surface area contributed by atoms with Gasteiger partial charge < -0.3 is 4.57 Å². The molecule has 1 aromatic carbocycles. The number of aromatic nitrogens is 2. The van der Waals surface area contributed by atoms with Gasteiger partial charge >= 0.3 is 0 Å². The number of rotatable bonds is 5. The zero-order valence-electron chi connectivity index (χ0n) is 11.5. The first-order chi connectivity index (χ1) is 9.56. The first-order valence-corrected chi connectivity index (χ1v) is 7.85. The van der Waals surface area contributed by atoms with Crippen LogP contribution in [0, 0.1) is 5.92 Å². The van der Waals surface area contributed by atoms with Gasteiger partial charge in [-0.1, -0.05) is 49.3 Å². The molecule has 0 fully saturated rings. The smallest absolute Gasteiger partial charge is 0.283 e. The molecule has 0 aliphatic rings. The Morgan fingerprint density at radius 2 is 2.20 bits per heavy atom. The molecule has 3 nitrogen and oxygen atoms in total. The van der Waals surface area contributed by atoms with Crippen LogP contribution >= 0.6 is 23.4 Å². The van der Waals surface area contributed by atoms with Crippen molar-refractivity contribution in [2.24, 2.45) is 5.92 Å². The molecule has 5 heteroatoms. The topological polar surface area (TPSA) is 34.9 Å². The molecule has 0 N–H and O–H groups in total. The maximum Gasteiger partial charge on any atom is 0.283 e. The van der Waals surface area contributed by atoms with E-state index in [1.165, 1.54) is 11.8 Å². The third kappa shape index (κ3) is 4.12. The van der Waals surface area contributed by atoms with Gasteiger partial charge in [-0.25, -0.2) is 4.98 Å². The minimum Gasteiger partial charge on any atom is -0.311 e. The Bertz CT molecular complexity index is 640. The Hall–Kier alpha value is -1.26. The van der Waals surface area contributed by atoms with Crippen LogP contribution in [0.25, 0.3) is 0 Å². The fourth-order valence-electron chi connectivity index (χ4n) is 1.84. The zero-order valence-corrected chi connectivity index (χ0v) is 13.1. The Morgan fingerprint density at radius 3 is 2.90 bits per heavy atom.